The summed E-state index contributed by atoms with van der Waals surface area (Å²) in [6, 6.07) is 6.03. The van der Waals surface area contributed by atoms with Gasteiger partial charge in [-0.1, -0.05) is 23.9 Å². The summed E-state index contributed by atoms with van der Waals surface area (Å²) in [6.07, 6.45) is 3.58. The van der Waals surface area contributed by atoms with E-state index >= 15 is 0 Å². The maximum Gasteiger partial charge on any atom is 0.346 e. The monoisotopic (exact) mass is 431 g/mol. The van der Waals surface area contributed by atoms with Crippen LogP contribution in [0, 0.1) is 5.82 Å². The molecule has 2 aromatic heterocycles. The average Bonchev–Trinajstić information content (AvgIpc) is 3.20. The summed E-state index contributed by atoms with van der Waals surface area (Å²) in [7, 11) is 1.83. The van der Waals surface area contributed by atoms with Gasteiger partial charge in [0.2, 0.25) is 5.91 Å². The Balaban J connectivity index is 1.33. The number of hydrogen-bond acceptors (Lipinski definition) is 6. The van der Waals surface area contributed by atoms with E-state index in [0.29, 0.717) is 43.3 Å². The second-order valence-electron chi connectivity index (χ2n) is 7.24. The number of amides is 1. The highest BCUT2D eigenvalue weighted by molar-refractivity contribution is 7.99. The number of fused-ring (bicyclic) bond motifs is 1. The molecule has 1 N–H and O–H groups in total. The average molecular weight is 431 g/mol. The van der Waals surface area contributed by atoms with Crippen LogP contribution in [0.5, 0.6) is 0 Å². The van der Waals surface area contributed by atoms with Crippen molar-refractivity contribution in [3.63, 3.8) is 0 Å². The van der Waals surface area contributed by atoms with Crippen molar-refractivity contribution in [1.82, 2.24) is 34.4 Å². The fraction of sp³-hybridized carbons (Fsp3) is 0.421. The van der Waals surface area contributed by atoms with Crippen LogP contribution in [0.2, 0.25) is 0 Å². The van der Waals surface area contributed by atoms with Gasteiger partial charge in [0, 0.05) is 26.1 Å². The van der Waals surface area contributed by atoms with Gasteiger partial charge in [-0.3, -0.25) is 9.36 Å². The smallest absolute Gasteiger partial charge is 0.346 e. The van der Waals surface area contributed by atoms with Crippen LogP contribution in [-0.4, -0.2) is 46.8 Å². The van der Waals surface area contributed by atoms with Gasteiger partial charge in [-0.15, -0.1) is 10.2 Å². The Labute approximate surface area is 176 Å². The third-order valence-corrected chi connectivity index (χ3v) is 6.06. The number of thioether (sulfide) groups is 1. The molecule has 1 aromatic carbocycles. The number of halogens is 1. The number of carbonyl (C=O) groups excluding carboxylic acids is 1. The molecule has 11 heteroatoms. The highest BCUT2D eigenvalue weighted by Gasteiger charge is 2.22. The minimum absolute atomic E-state index is 0.00996. The van der Waals surface area contributed by atoms with Crippen LogP contribution < -0.4 is 11.0 Å². The van der Waals surface area contributed by atoms with Crippen molar-refractivity contribution in [3.8, 4) is 0 Å². The highest BCUT2D eigenvalue weighted by Crippen LogP contribution is 2.15. The third-order valence-electron chi connectivity index (χ3n) is 5.03. The van der Waals surface area contributed by atoms with E-state index in [9.17, 15) is 14.0 Å². The number of carbonyl (C=O) groups is 1. The van der Waals surface area contributed by atoms with Crippen molar-refractivity contribution in [1.29, 1.82) is 0 Å². The summed E-state index contributed by atoms with van der Waals surface area (Å²) in [5.41, 5.74) is 0.636. The minimum Gasteiger partial charge on any atom is -0.353 e. The lowest BCUT2D eigenvalue weighted by molar-refractivity contribution is -0.119. The molecular weight excluding hydrogens is 409 g/mol. The lowest BCUT2D eigenvalue weighted by Crippen LogP contribution is -2.37. The molecule has 158 valence electrons. The quantitative estimate of drug-likeness (QED) is 0.584. The lowest BCUT2D eigenvalue weighted by Gasteiger charge is -2.15. The van der Waals surface area contributed by atoms with Crippen molar-refractivity contribution in [3.05, 3.63) is 58.3 Å². The van der Waals surface area contributed by atoms with E-state index in [2.05, 4.69) is 20.6 Å². The fourth-order valence-electron chi connectivity index (χ4n) is 3.44. The van der Waals surface area contributed by atoms with E-state index in [4.69, 9.17) is 0 Å². The van der Waals surface area contributed by atoms with Crippen molar-refractivity contribution in [2.45, 2.75) is 43.6 Å². The van der Waals surface area contributed by atoms with E-state index in [0.717, 1.165) is 5.56 Å². The Morgan fingerprint density at radius 1 is 1.30 bits per heavy atom. The van der Waals surface area contributed by atoms with E-state index in [1.54, 1.807) is 27.6 Å². The summed E-state index contributed by atoms with van der Waals surface area (Å²) in [5.74, 6) is 0.598. The first-order valence-corrected chi connectivity index (χ1v) is 10.7. The summed E-state index contributed by atoms with van der Waals surface area (Å²) in [4.78, 5) is 25.0. The van der Waals surface area contributed by atoms with Crippen LogP contribution >= 0.6 is 11.8 Å². The molecular formula is C19H22FN7O2S. The van der Waals surface area contributed by atoms with Crippen molar-refractivity contribution in [2.24, 2.45) is 7.05 Å². The van der Waals surface area contributed by atoms with Gasteiger partial charge < -0.3 is 9.88 Å². The standard InChI is InChI=1S/C19H22FN7O2S/c1-25-12-21-23-18(25)30-11-17(28)22-15-6-7-16-24-27(19(29)26(16)9-8-15)10-13-2-4-14(20)5-3-13/h2-5,12,15H,6-11H2,1H3,(H,22,28). The second-order valence-corrected chi connectivity index (χ2v) is 8.18. The molecule has 1 aliphatic rings. The van der Waals surface area contributed by atoms with Crippen LogP contribution in [0.1, 0.15) is 24.2 Å². The summed E-state index contributed by atoms with van der Waals surface area (Å²) in [6.45, 7) is 0.803. The van der Waals surface area contributed by atoms with Gasteiger partial charge in [0.1, 0.15) is 18.0 Å². The zero-order chi connectivity index (χ0) is 21.1. The Kier molecular flexibility index (Phi) is 5.98. The Morgan fingerprint density at radius 2 is 2.10 bits per heavy atom. The largest absolute Gasteiger partial charge is 0.353 e. The molecule has 1 amide bonds. The third kappa shape index (κ3) is 4.61. The van der Waals surface area contributed by atoms with Crippen LogP contribution in [0.3, 0.4) is 0 Å². The van der Waals surface area contributed by atoms with Crippen LogP contribution in [0.15, 0.2) is 40.5 Å². The van der Waals surface area contributed by atoms with Crippen molar-refractivity contribution < 1.29 is 9.18 Å². The molecule has 0 saturated heterocycles. The molecule has 1 unspecified atom stereocenters. The normalized spacial score (nSPS) is 16.1. The van der Waals surface area contributed by atoms with E-state index in [1.807, 2.05) is 7.05 Å². The van der Waals surface area contributed by atoms with Gasteiger partial charge >= 0.3 is 5.69 Å². The van der Waals surface area contributed by atoms with Gasteiger partial charge in [-0.2, -0.15) is 5.10 Å². The van der Waals surface area contributed by atoms with E-state index < -0.39 is 0 Å². The maximum absolute atomic E-state index is 13.1. The topological polar surface area (TPSA) is 99.6 Å². The van der Waals surface area contributed by atoms with Gasteiger partial charge in [-0.05, 0) is 30.5 Å². The van der Waals surface area contributed by atoms with Gasteiger partial charge in [0.25, 0.3) is 0 Å². The molecule has 0 saturated carbocycles. The van der Waals surface area contributed by atoms with E-state index in [-0.39, 0.29) is 29.2 Å². The summed E-state index contributed by atoms with van der Waals surface area (Å²) < 4.78 is 17.9. The molecule has 4 rings (SSSR count). The molecule has 0 bridgehead atoms. The molecule has 3 aromatic rings. The van der Waals surface area contributed by atoms with Gasteiger partial charge in [-0.25, -0.2) is 13.9 Å². The minimum atomic E-state index is -0.310. The fourth-order valence-corrected chi connectivity index (χ4v) is 4.14. The predicted octanol–water partition coefficient (Wildman–Crippen LogP) is 0.974. The van der Waals surface area contributed by atoms with Crippen LogP contribution in [0.25, 0.3) is 0 Å². The number of rotatable bonds is 6. The molecule has 3 heterocycles. The number of nitrogens with one attached hydrogen (secondary N) is 1. The zero-order valence-electron chi connectivity index (χ0n) is 16.5. The molecule has 1 aliphatic heterocycles. The first-order valence-electron chi connectivity index (χ1n) is 9.66. The molecule has 0 aliphatic carbocycles. The summed E-state index contributed by atoms with van der Waals surface area (Å²) >= 11 is 1.33. The number of benzene rings is 1. The molecule has 0 spiro atoms. The van der Waals surface area contributed by atoms with Crippen LogP contribution in [-0.2, 0) is 31.4 Å². The van der Waals surface area contributed by atoms with Crippen molar-refractivity contribution >= 4 is 17.7 Å². The number of hydrogen-bond donors (Lipinski definition) is 1. The van der Waals surface area contributed by atoms with Crippen molar-refractivity contribution in [2.75, 3.05) is 5.75 Å². The maximum atomic E-state index is 13.1. The predicted molar refractivity (Wildman–Crippen MR) is 109 cm³/mol. The van der Waals surface area contributed by atoms with Gasteiger partial charge in [0.05, 0.1) is 12.3 Å². The number of nitrogens with zero attached hydrogens (tertiary/aromatic N) is 6. The first kappa shape index (κ1) is 20.3. The molecule has 0 radical (unpaired) electrons. The Hall–Kier alpha value is -2.95. The molecule has 9 nitrogen and oxygen atoms in total. The number of aryl methyl sites for hydroxylation is 2. The Bertz CT molecular complexity index is 1090. The SMILES string of the molecule is Cn1cnnc1SCC(=O)NC1CCc2nn(Cc3ccc(F)cc3)c(=O)n2CC1. The molecule has 30 heavy (non-hydrogen) atoms. The molecule has 0 fully saturated rings. The molecule has 1 atom stereocenters. The number of aromatic nitrogens is 6. The van der Waals surface area contributed by atoms with Gasteiger partial charge in [0.15, 0.2) is 5.16 Å². The summed E-state index contributed by atoms with van der Waals surface area (Å²) in [5, 5.41) is 15.9. The highest BCUT2D eigenvalue weighted by atomic mass is 32.2. The Morgan fingerprint density at radius 3 is 2.83 bits per heavy atom. The first-order chi connectivity index (χ1) is 14.5. The zero-order valence-corrected chi connectivity index (χ0v) is 17.3. The van der Waals surface area contributed by atoms with E-state index in [1.165, 1.54) is 28.6 Å². The lowest BCUT2D eigenvalue weighted by atomic mass is 10.1. The van der Waals surface area contributed by atoms with Crippen LogP contribution in [0.4, 0.5) is 4.39 Å². The second kappa shape index (κ2) is 8.82.